The number of hydrogen-bond donors (Lipinski definition) is 2. The van der Waals surface area contributed by atoms with Gasteiger partial charge in [0.1, 0.15) is 11.6 Å². The summed E-state index contributed by atoms with van der Waals surface area (Å²) in [5.74, 6) is -1.68. The molecule has 0 aliphatic rings. The Morgan fingerprint density at radius 1 is 0.917 bits per heavy atom. The number of rotatable bonds is 8. The fraction of sp³-hybridized carbons (Fsp3) is 0.824. The minimum absolute atomic E-state index is 0.0792. The smallest absolute Gasteiger partial charge is 0.408 e. The van der Waals surface area contributed by atoms with Crippen molar-refractivity contribution in [3.8, 4) is 0 Å². The van der Waals surface area contributed by atoms with Crippen LogP contribution in [0.25, 0.3) is 0 Å². The van der Waals surface area contributed by atoms with Crippen molar-refractivity contribution in [2.45, 2.75) is 79.0 Å². The van der Waals surface area contributed by atoms with E-state index in [4.69, 9.17) is 4.74 Å². The topological polar surface area (TPSA) is 108 Å². The lowest BCUT2D eigenvalue weighted by atomic mass is 10.0. The van der Waals surface area contributed by atoms with Gasteiger partial charge in [0.25, 0.3) is 0 Å². The Bertz CT molecular complexity index is 441. The first kappa shape index (κ1) is 22.2. The van der Waals surface area contributed by atoms with Crippen LogP contribution in [0.2, 0.25) is 0 Å². The average molecular weight is 343 g/mol. The largest absolute Gasteiger partial charge is 0.548 e. The molecule has 2 N–H and O–H groups in total. The van der Waals surface area contributed by atoms with Gasteiger partial charge in [-0.2, -0.15) is 0 Å². The van der Waals surface area contributed by atoms with Crippen molar-refractivity contribution in [2.75, 3.05) is 0 Å². The van der Waals surface area contributed by atoms with E-state index in [1.165, 1.54) is 0 Å². The Morgan fingerprint density at radius 3 is 1.75 bits per heavy atom. The van der Waals surface area contributed by atoms with Gasteiger partial charge in [0, 0.05) is 0 Å². The Balaban J connectivity index is 4.98. The molecule has 0 heterocycles. The Hall–Kier alpha value is -1.79. The van der Waals surface area contributed by atoms with E-state index in [0.717, 1.165) is 0 Å². The molecular formula is C17H31N2O5-. The zero-order valence-electron chi connectivity index (χ0n) is 15.8. The fourth-order valence-electron chi connectivity index (χ4n) is 2.11. The van der Waals surface area contributed by atoms with E-state index in [1.807, 2.05) is 27.7 Å². The summed E-state index contributed by atoms with van der Waals surface area (Å²) < 4.78 is 5.16. The van der Waals surface area contributed by atoms with Gasteiger partial charge >= 0.3 is 6.09 Å². The van der Waals surface area contributed by atoms with Crippen LogP contribution < -0.4 is 15.7 Å². The van der Waals surface area contributed by atoms with E-state index in [2.05, 4.69) is 10.6 Å². The number of carboxylic acid groups (broad SMARTS) is 1. The fourth-order valence-corrected chi connectivity index (χ4v) is 2.11. The number of aliphatic carboxylic acids is 1. The molecule has 0 saturated heterocycles. The number of ether oxygens (including phenoxy) is 1. The van der Waals surface area contributed by atoms with Crippen molar-refractivity contribution < 1.29 is 24.2 Å². The number of amides is 2. The molecule has 2 atom stereocenters. The van der Waals surface area contributed by atoms with Crippen LogP contribution in [0.1, 0.15) is 61.3 Å². The predicted molar refractivity (Wildman–Crippen MR) is 89.0 cm³/mol. The Labute approximate surface area is 144 Å². The van der Waals surface area contributed by atoms with Crippen LogP contribution in [0.15, 0.2) is 0 Å². The summed E-state index contributed by atoms with van der Waals surface area (Å²) in [4.78, 5) is 35.5. The van der Waals surface area contributed by atoms with E-state index in [-0.39, 0.29) is 18.3 Å². The number of alkyl carbamates (subject to hydrolysis) is 1. The maximum Gasteiger partial charge on any atom is 0.408 e. The summed E-state index contributed by atoms with van der Waals surface area (Å²) in [5.41, 5.74) is -0.686. The third-order valence-electron chi connectivity index (χ3n) is 3.02. The molecule has 0 spiro atoms. The predicted octanol–water partition coefficient (Wildman–Crippen LogP) is 1.21. The molecule has 0 saturated carbocycles. The van der Waals surface area contributed by atoms with Crippen LogP contribution in [-0.4, -0.2) is 35.7 Å². The highest BCUT2D eigenvalue weighted by atomic mass is 16.6. The molecule has 140 valence electrons. The molecule has 24 heavy (non-hydrogen) atoms. The second-order valence-electron chi connectivity index (χ2n) is 7.84. The first-order valence-corrected chi connectivity index (χ1v) is 8.32. The van der Waals surface area contributed by atoms with E-state index < -0.39 is 35.7 Å². The van der Waals surface area contributed by atoms with E-state index in [1.54, 1.807) is 20.8 Å². The van der Waals surface area contributed by atoms with Crippen LogP contribution in [0, 0.1) is 11.8 Å². The minimum atomic E-state index is -1.34. The molecule has 0 fully saturated rings. The lowest BCUT2D eigenvalue weighted by molar-refractivity contribution is -0.308. The van der Waals surface area contributed by atoms with Gasteiger partial charge in [0.2, 0.25) is 5.91 Å². The van der Waals surface area contributed by atoms with Gasteiger partial charge in [0.05, 0.1) is 12.0 Å². The molecule has 0 bridgehead atoms. The third kappa shape index (κ3) is 10.1. The number of hydrogen-bond acceptors (Lipinski definition) is 5. The molecule has 0 rings (SSSR count). The van der Waals surface area contributed by atoms with Gasteiger partial charge in [-0.15, -0.1) is 0 Å². The van der Waals surface area contributed by atoms with E-state index in [9.17, 15) is 19.5 Å². The monoisotopic (exact) mass is 343 g/mol. The molecule has 0 aromatic rings. The van der Waals surface area contributed by atoms with Crippen LogP contribution in [0.4, 0.5) is 4.79 Å². The molecule has 0 unspecified atom stereocenters. The number of carboxylic acids is 1. The van der Waals surface area contributed by atoms with Gasteiger partial charge < -0.3 is 25.3 Å². The Morgan fingerprint density at radius 2 is 1.38 bits per heavy atom. The zero-order valence-corrected chi connectivity index (χ0v) is 15.8. The number of carbonyl (C=O) groups excluding carboxylic acids is 3. The summed E-state index contributed by atoms with van der Waals surface area (Å²) >= 11 is 0. The van der Waals surface area contributed by atoms with Crippen molar-refractivity contribution >= 4 is 18.0 Å². The van der Waals surface area contributed by atoms with E-state index in [0.29, 0.717) is 6.42 Å². The normalized spacial score (nSPS) is 14.2. The highest BCUT2D eigenvalue weighted by molar-refractivity contribution is 5.88. The van der Waals surface area contributed by atoms with Crippen molar-refractivity contribution in [3.63, 3.8) is 0 Å². The molecule has 0 aliphatic carbocycles. The number of carbonyl (C=O) groups is 3. The summed E-state index contributed by atoms with van der Waals surface area (Å²) in [6.07, 6.45) is -0.0845. The Kier molecular flexibility index (Phi) is 8.78. The maximum absolute atomic E-state index is 12.4. The molecular weight excluding hydrogens is 312 g/mol. The highest BCUT2D eigenvalue weighted by Crippen LogP contribution is 2.11. The molecule has 2 amide bonds. The van der Waals surface area contributed by atoms with Gasteiger partial charge in [-0.1, -0.05) is 27.7 Å². The van der Waals surface area contributed by atoms with Gasteiger partial charge in [0.15, 0.2) is 0 Å². The van der Waals surface area contributed by atoms with Crippen LogP contribution in [0.3, 0.4) is 0 Å². The van der Waals surface area contributed by atoms with Gasteiger partial charge in [-0.3, -0.25) is 4.79 Å². The summed E-state index contributed by atoms with van der Waals surface area (Å²) in [7, 11) is 0. The molecule has 0 radical (unpaired) electrons. The van der Waals surface area contributed by atoms with Crippen molar-refractivity contribution in [1.29, 1.82) is 0 Å². The van der Waals surface area contributed by atoms with Crippen molar-refractivity contribution in [3.05, 3.63) is 0 Å². The molecule has 0 aliphatic heterocycles. The SMILES string of the molecule is CC(C)C[C@@H](NC(=O)[C@@H](CC(C)C)NC(=O)OC(C)(C)C)C(=O)[O-]. The van der Waals surface area contributed by atoms with Crippen LogP contribution in [-0.2, 0) is 14.3 Å². The molecule has 0 aromatic carbocycles. The zero-order chi connectivity index (χ0) is 19.1. The number of nitrogens with one attached hydrogen (secondary N) is 2. The maximum atomic E-state index is 12.4. The second kappa shape index (κ2) is 9.49. The van der Waals surface area contributed by atoms with Crippen molar-refractivity contribution in [2.24, 2.45) is 11.8 Å². The van der Waals surface area contributed by atoms with Crippen LogP contribution in [0.5, 0.6) is 0 Å². The van der Waals surface area contributed by atoms with Gasteiger partial charge in [-0.25, -0.2) is 4.79 Å². The third-order valence-corrected chi connectivity index (χ3v) is 3.02. The second-order valence-corrected chi connectivity index (χ2v) is 7.84. The van der Waals surface area contributed by atoms with Crippen LogP contribution >= 0.6 is 0 Å². The average Bonchev–Trinajstić information content (AvgIpc) is 2.33. The van der Waals surface area contributed by atoms with E-state index >= 15 is 0 Å². The molecule has 0 aromatic heterocycles. The standard InChI is InChI=1S/C17H32N2O5/c1-10(2)8-12(19-16(23)24-17(5,6)7)14(20)18-13(15(21)22)9-11(3)4/h10-13H,8-9H2,1-7H3,(H,18,20)(H,19,23)(H,21,22)/p-1/t12-,13-/m1/s1. The molecule has 7 heteroatoms. The highest BCUT2D eigenvalue weighted by Gasteiger charge is 2.27. The first-order chi connectivity index (χ1) is 10.8. The first-order valence-electron chi connectivity index (χ1n) is 8.32. The summed E-state index contributed by atoms with van der Waals surface area (Å²) in [6.45, 7) is 12.7. The molecule has 7 nitrogen and oxygen atoms in total. The lowest BCUT2D eigenvalue weighted by Gasteiger charge is -2.27. The van der Waals surface area contributed by atoms with Gasteiger partial charge in [-0.05, 0) is 45.4 Å². The lowest BCUT2D eigenvalue weighted by Crippen LogP contribution is -2.55. The summed E-state index contributed by atoms with van der Waals surface area (Å²) in [5, 5.41) is 16.2. The summed E-state index contributed by atoms with van der Waals surface area (Å²) in [6, 6.07) is -1.96. The van der Waals surface area contributed by atoms with Crippen molar-refractivity contribution in [1.82, 2.24) is 10.6 Å². The minimum Gasteiger partial charge on any atom is -0.548 e. The quantitative estimate of drug-likeness (QED) is 0.689.